The SMILES string of the molecule is Brc1ccc(-c2ccc3c(c2)nc(-c2ccccc2)c2c4cccnc4c4ncccc4c32)cc1. The summed E-state index contributed by atoms with van der Waals surface area (Å²) in [6.45, 7) is 0. The molecule has 0 saturated heterocycles. The lowest BCUT2D eigenvalue weighted by Gasteiger charge is -2.16. The Balaban J connectivity index is 1.69. The Morgan fingerprint density at radius 1 is 0.514 bits per heavy atom. The van der Waals surface area contributed by atoms with Gasteiger partial charge in [-0.1, -0.05) is 82.7 Å². The third-order valence-corrected chi connectivity index (χ3v) is 7.12. The van der Waals surface area contributed by atoms with Crippen LogP contribution in [0.15, 0.2) is 114 Å². The molecule has 3 nitrogen and oxygen atoms in total. The van der Waals surface area contributed by atoms with Gasteiger partial charge in [-0.2, -0.15) is 0 Å². The lowest BCUT2D eigenvalue weighted by atomic mass is 9.92. The number of pyridine rings is 3. The van der Waals surface area contributed by atoms with Crippen molar-refractivity contribution in [1.82, 2.24) is 15.0 Å². The van der Waals surface area contributed by atoms with Gasteiger partial charge in [0.15, 0.2) is 0 Å². The quantitative estimate of drug-likeness (QED) is 0.218. The fraction of sp³-hybridized carbons (Fsp3) is 0. The second-order valence-electron chi connectivity index (χ2n) is 8.61. The van der Waals surface area contributed by atoms with Gasteiger partial charge in [-0.05, 0) is 41.5 Å². The van der Waals surface area contributed by atoms with Crippen LogP contribution in [-0.2, 0) is 0 Å². The maximum absolute atomic E-state index is 5.28. The normalized spacial score (nSPS) is 11.6. The van der Waals surface area contributed by atoms with Crippen molar-refractivity contribution in [3.63, 3.8) is 0 Å². The van der Waals surface area contributed by atoms with Crippen LogP contribution in [0.5, 0.6) is 0 Å². The first-order valence-electron chi connectivity index (χ1n) is 11.5. The summed E-state index contributed by atoms with van der Waals surface area (Å²) in [4.78, 5) is 14.8. The van der Waals surface area contributed by atoms with Gasteiger partial charge >= 0.3 is 0 Å². The standard InChI is InChI=1S/C31H18BrN3/c32-22-13-10-19(11-14-22)21-12-15-23-26(18-21)35-29(20-6-2-1-3-7-20)28-25-9-5-17-34-31(25)30-24(27(23)28)8-4-16-33-30/h1-18H. The van der Waals surface area contributed by atoms with Crippen molar-refractivity contribution in [3.05, 3.63) is 114 Å². The first-order valence-corrected chi connectivity index (χ1v) is 12.3. The molecule has 0 atom stereocenters. The number of halogens is 1. The molecule has 7 rings (SSSR count). The fourth-order valence-electron chi connectivity index (χ4n) is 5.03. The van der Waals surface area contributed by atoms with Gasteiger partial charge in [-0.25, -0.2) is 4.98 Å². The van der Waals surface area contributed by atoms with Crippen LogP contribution >= 0.6 is 15.9 Å². The molecule has 0 spiro atoms. The molecule has 0 amide bonds. The van der Waals surface area contributed by atoms with E-state index in [9.17, 15) is 0 Å². The van der Waals surface area contributed by atoms with Gasteiger partial charge in [-0.3, -0.25) is 9.97 Å². The van der Waals surface area contributed by atoms with E-state index in [1.165, 1.54) is 5.39 Å². The van der Waals surface area contributed by atoms with Crippen LogP contribution in [0.1, 0.15) is 0 Å². The summed E-state index contributed by atoms with van der Waals surface area (Å²) in [6, 6.07) is 33.7. The van der Waals surface area contributed by atoms with Gasteiger partial charge in [0.1, 0.15) is 0 Å². The molecular weight excluding hydrogens is 494 g/mol. The van der Waals surface area contributed by atoms with E-state index in [0.717, 1.165) is 65.0 Å². The van der Waals surface area contributed by atoms with E-state index in [2.05, 4.69) is 94.8 Å². The molecule has 0 bridgehead atoms. The summed E-state index contributed by atoms with van der Waals surface area (Å²) in [5.74, 6) is 0. The summed E-state index contributed by atoms with van der Waals surface area (Å²) >= 11 is 3.54. The van der Waals surface area contributed by atoms with Crippen molar-refractivity contribution in [2.75, 3.05) is 0 Å². The molecule has 35 heavy (non-hydrogen) atoms. The number of hydrogen-bond acceptors (Lipinski definition) is 3. The van der Waals surface area contributed by atoms with Crippen LogP contribution in [0.3, 0.4) is 0 Å². The molecule has 0 unspecified atom stereocenters. The van der Waals surface area contributed by atoms with E-state index >= 15 is 0 Å². The van der Waals surface area contributed by atoms with Gasteiger partial charge in [0.25, 0.3) is 0 Å². The topological polar surface area (TPSA) is 38.7 Å². The van der Waals surface area contributed by atoms with Crippen LogP contribution < -0.4 is 0 Å². The molecule has 164 valence electrons. The van der Waals surface area contributed by atoms with E-state index in [4.69, 9.17) is 15.0 Å². The maximum atomic E-state index is 5.28. The van der Waals surface area contributed by atoms with Crippen LogP contribution in [-0.4, -0.2) is 15.0 Å². The van der Waals surface area contributed by atoms with E-state index < -0.39 is 0 Å². The number of hydrogen-bond donors (Lipinski definition) is 0. The summed E-state index contributed by atoms with van der Waals surface area (Å²) in [5.41, 5.74) is 7.13. The average Bonchev–Trinajstić information content (AvgIpc) is 2.93. The van der Waals surface area contributed by atoms with Crippen molar-refractivity contribution in [1.29, 1.82) is 0 Å². The number of aromatic nitrogens is 3. The van der Waals surface area contributed by atoms with Crippen molar-refractivity contribution >= 4 is 59.4 Å². The number of benzene rings is 4. The Labute approximate surface area is 210 Å². The van der Waals surface area contributed by atoms with Gasteiger partial charge < -0.3 is 0 Å². The van der Waals surface area contributed by atoms with E-state index in [-0.39, 0.29) is 0 Å². The average molecular weight is 512 g/mol. The summed E-state index contributed by atoms with van der Waals surface area (Å²) < 4.78 is 1.07. The maximum Gasteiger partial charge on any atom is 0.0971 e. The zero-order valence-electron chi connectivity index (χ0n) is 18.6. The fourth-order valence-corrected chi connectivity index (χ4v) is 5.29. The predicted molar refractivity (Wildman–Crippen MR) is 148 cm³/mol. The summed E-state index contributed by atoms with van der Waals surface area (Å²) in [7, 11) is 0. The minimum Gasteiger partial charge on any atom is -0.254 e. The van der Waals surface area contributed by atoms with Crippen LogP contribution in [0, 0.1) is 0 Å². The van der Waals surface area contributed by atoms with Gasteiger partial charge in [0, 0.05) is 49.4 Å². The van der Waals surface area contributed by atoms with Crippen molar-refractivity contribution in [2.45, 2.75) is 0 Å². The van der Waals surface area contributed by atoms with E-state index in [1.807, 2.05) is 30.6 Å². The Morgan fingerprint density at radius 3 is 1.89 bits per heavy atom. The highest BCUT2D eigenvalue weighted by molar-refractivity contribution is 9.10. The van der Waals surface area contributed by atoms with Crippen LogP contribution in [0.25, 0.3) is 65.9 Å². The predicted octanol–water partition coefficient (Wildman–Crippen LogP) is 8.58. The monoisotopic (exact) mass is 511 g/mol. The highest BCUT2D eigenvalue weighted by atomic mass is 79.9. The molecule has 0 aliphatic heterocycles. The molecule has 3 aromatic heterocycles. The lowest BCUT2D eigenvalue weighted by Crippen LogP contribution is -1.95. The molecular formula is C31H18BrN3. The largest absolute Gasteiger partial charge is 0.254 e. The summed E-state index contributed by atoms with van der Waals surface area (Å²) in [6.07, 6.45) is 3.68. The third-order valence-electron chi connectivity index (χ3n) is 6.59. The Hall–Kier alpha value is -4.15. The van der Waals surface area contributed by atoms with Crippen LogP contribution in [0.2, 0.25) is 0 Å². The van der Waals surface area contributed by atoms with E-state index in [1.54, 1.807) is 0 Å². The Morgan fingerprint density at radius 2 is 1.17 bits per heavy atom. The minimum atomic E-state index is 0.903. The van der Waals surface area contributed by atoms with Crippen molar-refractivity contribution in [2.24, 2.45) is 0 Å². The second kappa shape index (κ2) is 7.97. The lowest BCUT2D eigenvalue weighted by molar-refractivity contribution is 1.38. The minimum absolute atomic E-state index is 0.903. The summed E-state index contributed by atoms with van der Waals surface area (Å²) in [5, 5.41) is 5.56. The van der Waals surface area contributed by atoms with E-state index in [0.29, 0.717) is 0 Å². The number of rotatable bonds is 2. The molecule has 0 aliphatic carbocycles. The molecule has 0 N–H and O–H groups in total. The highest BCUT2D eigenvalue weighted by Crippen LogP contribution is 2.42. The molecule has 3 heterocycles. The Kier molecular flexibility index (Phi) is 4.61. The smallest absolute Gasteiger partial charge is 0.0971 e. The first kappa shape index (κ1) is 20.2. The molecule has 0 saturated carbocycles. The zero-order valence-corrected chi connectivity index (χ0v) is 20.2. The molecule has 0 radical (unpaired) electrons. The molecule has 0 aliphatic rings. The molecule has 4 heteroatoms. The second-order valence-corrected chi connectivity index (χ2v) is 9.53. The van der Waals surface area contributed by atoms with Gasteiger partial charge in [0.05, 0.1) is 22.2 Å². The van der Waals surface area contributed by atoms with Crippen LogP contribution in [0.4, 0.5) is 0 Å². The highest BCUT2D eigenvalue weighted by Gasteiger charge is 2.18. The zero-order chi connectivity index (χ0) is 23.4. The van der Waals surface area contributed by atoms with Gasteiger partial charge in [-0.15, -0.1) is 0 Å². The molecule has 0 fully saturated rings. The Bertz CT molecular complexity index is 1900. The third kappa shape index (κ3) is 3.22. The number of nitrogens with zero attached hydrogens (tertiary/aromatic N) is 3. The van der Waals surface area contributed by atoms with Gasteiger partial charge in [0.2, 0.25) is 0 Å². The molecule has 7 aromatic rings. The first-order chi connectivity index (χ1) is 17.3. The number of fused-ring (bicyclic) bond motifs is 8. The molecule has 4 aromatic carbocycles. The van der Waals surface area contributed by atoms with Crippen molar-refractivity contribution < 1.29 is 0 Å². The van der Waals surface area contributed by atoms with Crippen molar-refractivity contribution in [3.8, 4) is 22.4 Å².